The van der Waals surface area contributed by atoms with Gasteiger partial charge < -0.3 is 4.74 Å². The van der Waals surface area contributed by atoms with E-state index in [0.29, 0.717) is 23.8 Å². The maximum atomic E-state index is 10.9. The van der Waals surface area contributed by atoms with Gasteiger partial charge in [-0.3, -0.25) is 4.79 Å². The molecule has 2 nitrogen and oxygen atoms in total. The Balaban J connectivity index is 2.89. The number of rotatable bonds is 5. The van der Waals surface area contributed by atoms with Gasteiger partial charge >= 0.3 is 0 Å². The number of carbonyl (C=O) groups is 1. The molecule has 1 rings (SSSR count). The van der Waals surface area contributed by atoms with Crippen LogP contribution in [0.25, 0.3) is 0 Å². The van der Waals surface area contributed by atoms with Gasteiger partial charge in [0.05, 0.1) is 12.2 Å². The van der Waals surface area contributed by atoms with Crippen LogP contribution in [0.2, 0.25) is 0 Å². The third-order valence-corrected chi connectivity index (χ3v) is 3.06. The van der Waals surface area contributed by atoms with Gasteiger partial charge in [-0.25, -0.2) is 0 Å². The van der Waals surface area contributed by atoms with Gasteiger partial charge in [0.25, 0.3) is 0 Å². The fourth-order valence-electron chi connectivity index (χ4n) is 1.38. The van der Waals surface area contributed by atoms with Crippen LogP contribution in [-0.2, 0) is 0 Å². The van der Waals surface area contributed by atoms with Crippen molar-refractivity contribution < 1.29 is 9.53 Å². The van der Waals surface area contributed by atoms with Crippen molar-refractivity contribution in [3.8, 4) is 5.75 Å². The van der Waals surface area contributed by atoms with E-state index in [4.69, 9.17) is 4.74 Å². The zero-order chi connectivity index (χ0) is 12.1. The average Bonchev–Trinajstić information content (AvgIpc) is 2.26. The van der Waals surface area contributed by atoms with Crippen LogP contribution in [0.4, 0.5) is 0 Å². The molecule has 0 radical (unpaired) electrons. The molecule has 88 valence electrons. The lowest BCUT2D eigenvalue weighted by molar-refractivity contribution is 0.111. The highest BCUT2D eigenvalue weighted by Crippen LogP contribution is 2.27. The van der Waals surface area contributed by atoms with Crippen LogP contribution in [-0.4, -0.2) is 12.9 Å². The molecular weight excluding hydrogens is 268 g/mol. The van der Waals surface area contributed by atoms with Gasteiger partial charge in [0.2, 0.25) is 0 Å². The van der Waals surface area contributed by atoms with Crippen LogP contribution in [0.5, 0.6) is 5.75 Å². The van der Waals surface area contributed by atoms with Crippen LogP contribution >= 0.6 is 15.9 Å². The Morgan fingerprint density at radius 1 is 1.50 bits per heavy atom. The standard InChI is InChI=1S/C13H17BrO2/c1-4-9(2)8-16-13-10(3)5-12(14)6-11(13)7-15/h5-7,9H,4,8H2,1-3H3. The van der Waals surface area contributed by atoms with Crippen molar-refractivity contribution in [1.29, 1.82) is 0 Å². The van der Waals surface area contributed by atoms with E-state index in [1.807, 2.05) is 13.0 Å². The molecule has 0 heterocycles. The third-order valence-electron chi connectivity index (χ3n) is 2.60. The molecule has 0 bridgehead atoms. The van der Waals surface area contributed by atoms with Crippen LogP contribution in [0.1, 0.15) is 36.2 Å². The van der Waals surface area contributed by atoms with Gasteiger partial charge in [-0.1, -0.05) is 36.2 Å². The molecule has 1 aromatic rings. The van der Waals surface area contributed by atoms with E-state index in [1.165, 1.54) is 0 Å². The Labute approximate surface area is 105 Å². The molecule has 0 N–H and O–H groups in total. The van der Waals surface area contributed by atoms with Crippen molar-refractivity contribution in [2.45, 2.75) is 27.2 Å². The van der Waals surface area contributed by atoms with E-state index in [1.54, 1.807) is 6.07 Å². The van der Waals surface area contributed by atoms with Crippen molar-refractivity contribution in [1.82, 2.24) is 0 Å². The number of aldehydes is 1. The summed E-state index contributed by atoms with van der Waals surface area (Å²) in [6.45, 7) is 6.86. The van der Waals surface area contributed by atoms with Gasteiger partial charge in [0.1, 0.15) is 5.75 Å². The van der Waals surface area contributed by atoms with Crippen molar-refractivity contribution in [3.63, 3.8) is 0 Å². The number of carbonyl (C=O) groups excluding carboxylic acids is 1. The summed E-state index contributed by atoms with van der Waals surface area (Å²) in [6, 6.07) is 3.74. The van der Waals surface area contributed by atoms with E-state index < -0.39 is 0 Å². The molecule has 16 heavy (non-hydrogen) atoms. The fraction of sp³-hybridized carbons (Fsp3) is 0.462. The molecule has 1 unspecified atom stereocenters. The zero-order valence-electron chi connectivity index (χ0n) is 9.92. The number of benzene rings is 1. The Bertz CT molecular complexity index is 374. The largest absolute Gasteiger partial charge is 0.492 e. The van der Waals surface area contributed by atoms with Crippen LogP contribution < -0.4 is 4.74 Å². The third kappa shape index (κ3) is 3.34. The predicted molar refractivity (Wildman–Crippen MR) is 69.2 cm³/mol. The molecule has 0 aromatic heterocycles. The molecule has 3 heteroatoms. The highest BCUT2D eigenvalue weighted by molar-refractivity contribution is 9.10. The Hall–Kier alpha value is -0.830. The lowest BCUT2D eigenvalue weighted by atomic mass is 10.1. The summed E-state index contributed by atoms with van der Waals surface area (Å²) in [7, 11) is 0. The predicted octanol–water partition coefficient (Wildman–Crippen LogP) is 3.99. The van der Waals surface area contributed by atoms with E-state index in [2.05, 4.69) is 29.8 Å². The Morgan fingerprint density at radius 3 is 2.75 bits per heavy atom. The van der Waals surface area contributed by atoms with Gasteiger partial charge in [-0.2, -0.15) is 0 Å². The maximum absolute atomic E-state index is 10.9. The first-order chi connectivity index (χ1) is 7.58. The Kier molecular flexibility index (Phi) is 5.00. The summed E-state index contributed by atoms with van der Waals surface area (Å²) >= 11 is 3.37. The van der Waals surface area contributed by atoms with Crippen molar-refractivity contribution in [2.24, 2.45) is 5.92 Å². The molecule has 0 amide bonds. The molecule has 0 aliphatic heterocycles. The second-order valence-electron chi connectivity index (χ2n) is 4.08. The van der Waals surface area contributed by atoms with Crippen molar-refractivity contribution in [2.75, 3.05) is 6.61 Å². The first kappa shape index (κ1) is 13.2. The first-order valence-corrected chi connectivity index (χ1v) is 6.25. The summed E-state index contributed by atoms with van der Waals surface area (Å²) in [5, 5.41) is 0. The number of hydrogen-bond donors (Lipinski definition) is 0. The van der Waals surface area contributed by atoms with E-state index in [0.717, 1.165) is 22.7 Å². The summed E-state index contributed by atoms with van der Waals surface area (Å²) in [4.78, 5) is 10.9. The monoisotopic (exact) mass is 284 g/mol. The summed E-state index contributed by atoms with van der Waals surface area (Å²) in [5.74, 6) is 1.21. The molecule has 0 aliphatic rings. The molecule has 0 fully saturated rings. The van der Waals surface area contributed by atoms with Gasteiger partial charge in [0, 0.05) is 4.47 Å². The quantitative estimate of drug-likeness (QED) is 0.764. The number of ether oxygens (including phenoxy) is 1. The molecule has 0 saturated carbocycles. The maximum Gasteiger partial charge on any atom is 0.153 e. The molecule has 0 saturated heterocycles. The number of aryl methyl sites for hydroxylation is 1. The summed E-state index contributed by atoms with van der Waals surface area (Å²) in [6.07, 6.45) is 1.91. The molecule has 0 spiro atoms. The minimum Gasteiger partial charge on any atom is -0.492 e. The lowest BCUT2D eigenvalue weighted by Crippen LogP contribution is -2.09. The van der Waals surface area contributed by atoms with Gasteiger partial charge in [-0.15, -0.1) is 0 Å². The number of hydrogen-bond acceptors (Lipinski definition) is 2. The molecular formula is C13H17BrO2. The summed E-state index contributed by atoms with van der Waals surface area (Å²) < 4.78 is 6.62. The van der Waals surface area contributed by atoms with Gasteiger partial charge in [-0.05, 0) is 30.5 Å². The van der Waals surface area contributed by atoms with E-state index in [9.17, 15) is 4.79 Å². The smallest absolute Gasteiger partial charge is 0.153 e. The van der Waals surface area contributed by atoms with E-state index in [-0.39, 0.29) is 0 Å². The first-order valence-electron chi connectivity index (χ1n) is 5.46. The minimum absolute atomic E-state index is 0.502. The molecule has 1 atom stereocenters. The summed E-state index contributed by atoms with van der Waals surface area (Å²) in [5.41, 5.74) is 1.59. The van der Waals surface area contributed by atoms with Crippen LogP contribution in [0, 0.1) is 12.8 Å². The molecule has 1 aromatic carbocycles. The highest BCUT2D eigenvalue weighted by Gasteiger charge is 2.09. The second kappa shape index (κ2) is 6.04. The fourth-order valence-corrected chi connectivity index (χ4v) is 1.97. The van der Waals surface area contributed by atoms with Crippen molar-refractivity contribution in [3.05, 3.63) is 27.7 Å². The van der Waals surface area contributed by atoms with E-state index >= 15 is 0 Å². The minimum atomic E-state index is 0.502. The van der Waals surface area contributed by atoms with Crippen molar-refractivity contribution >= 4 is 22.2 Å². The zero-order valence-corrected chi connectivity index (χ0v) is 11.5. The number of halogens is 1. The molecule has 0 aliphatic carbocycles. The second-order valence-corrected chi connectivity index (χ2v) is 5.00. The average molecular weight is 285 g/mol. The Morgan fingerprint density at radius 2 is 2.19 bits per heavy atom. The van der Waals surface area contributed by atoms with Crippen LogP contribution in [0.15, 0.2) is 16.6 Å². The topological polar surface area (TPSA) is 26.3 Å². The highest BCUT2D eigenvalue weighted by atomic mass is 79.9. The van der Waals surface area contributed by atoms with Crippen LogP contribution in [0.3, 0.4) is 0 Å². The van der Waals surface area contributed by atoms with Gasteiger partial charge in [0.15, 0.2) is 6.29 Å². The normalized spacial score (nSPS) is 12.2. The lowest BCUT2D eigenvalue weighted by Gasteiger charge is -2.15. The SMILES string of the molecule is CCC(C)COc1c(C)cc(Br)cc1C=O.